The Labute approximate surface area is 158 Å². The molecule has 1 saturated heterocycles. The molecular formula is C22H23N5. The first kappa shape index (κ1) is 16.2. The number of benzene rings is 2. The molecule has 4 aromatic rings. The van der Waals surface area contributed by atoms with Gasteiger partial charge in [0.25, 0.3) is 0 Å². The molecule has 3 heterocycles. The molecule has 5 nitrogen and oxygen atoms in total. The minimum Gasteiger partial charge on any atom is -0.342 e. The molecule has 0 atom stereocenters. The Hall–Kier alpha value is -2.95. The van der Waals surface area contributed by atoms with Crippen molar-refractivity contribution in [1.82, 2.24) is 19.6 Å². The van der Waals surface area contributed by atoms with E-state index in [0.29, 0.717) is 0 Å². The Kier molecular flexibility index (Phi) is 4.00. The molecule has 1 aliphatic heterocycles. The molecule has 0 aliphatic carbocycles. The summed E-state index contributed by atoms with van der Waals surface area (Å²) in [5, 5.41) is 9.79. The van der Waals surface area contributed by atoms with Gasteiger partial charge in [-0.15, -0.1) is 10.2 Å². The van der Waals surface area contributed by atoms with Crippen LogP contribution < -0.4 is 4.90 Å². The van der Waals surface area contributed by atoms with Crippen LogP contribution in [0, 0.1) is 12.8 Å². The van der Waals surface area contributed by atoms with Crippen molar-refractivity contribution in [1.29, 1.82) is 0 Å². The monoisotopic (exact) mass is 357 g/mol. The van der Waals surface area contributed by atoms with Crippen molar-refractivity contribution in [2.24, 2.45) is 5.92 Å². The number of nitrogens with zero attached hydrogens (tertiary/aromatic N) is 5. The topological polar surface area (TPSA) is 46.3 Å². The minimum absolute atomic E-state index is 0.738. The molecule has 1 fully saturated rings. The number of piperidine rings is 1. The van der Waals surface area contributed by atoms with Crippen LogP contribution in [0.2, 0.25) is 0 Å². The Morgan fingerprint density at radius 2 is 1.67 bits per heavy atom. The first-order valence-corrected chi connectivity index (χ1v) is 9.69. The van der Waals surface area contributed by atoms with Crippen LogP contribution in [-0.4, -0.2) is 32.7 Å². The van der Waals surface area contributed by atoms with E-state index in [2.05, 4.69) is 62.0 Å². The Morgan fingerprint density at radius 1 is 0.926 bits per heavy atom. The molecule has 0 spiro atoms. The maximum absolute atomic E-state index is 4.98. The van der Waals surface area contributed by atoms with Crippen LogP contribution in [0.25, 0.3) is 16.6 Å². The number of hydrogen-bond donors (Lipinski definition) is 0. The normalized spacial score (nSPS) is 15.7. The van der Waals surface area contributed by atoms with Gasteiger partial charge < -0.3 is 4.90 Å². The maximum Gasteiger partial charge on any atom is 0.213 e. The van der Waals surface area contributed by atoms with Crippen molar-refractivity contribution in [2.45, 2.75) is 26.2 Å². The fourth-order valence-corrected chi connectivity index (χ4v) is 4.19. The highest BCUT2D eigenvalue weighted by Gasteiger charge is 2.24. The lowest BCUT2D eigenvalue weighted by Crippen LogP contribution is -2.36. The number of aromatic nitrogens is 4. The van der Waals surface area contributed by atoms with Crippen molar-refractivity contribution in [2.75, 3.05) is 18.0 Å². The van der Waals surface area contributed by atoms with Crippen LogP contribution in [0.4, 0.5) is 5.95 Å². The van der Waals surface area contributed by atoms with Gasteiger partial charge in [0.1, 0.15) is 5.82 Å². The third-order valence-electron chi connectivity index (χ3n) is 5.65. The highest BCUT2D eigenvalue weighted by molar-refractivity contribution is 5.92. The summed E-state index contributed by atoms with van der Waals surface area (Å²) in [6.45, 7) is 4.05. The molecule has 0 unspecified atom stereocenters. The third kappa shape index (κ3) is 2.93. The quantitative estimate of drug-likeness (QED) is 0.555. The zero-order chi connectivity index (χ0) is 18.2. The first-order valence-electron chi connectivity index (χ1n) is 9.69. The molecule has 0 N–H and O–H groups in total. The molecule has 2 aromatic heterocycles. The van der Waals surface area contributed by atoms with Crippen LogP contribution in [0.1, 0.15) is 24.2 Å². The lowest BCUT2D eigenvalue weighted by molar-refractivity contribution is 0.400. The fourth-order valence-electron chi connectivity index (χ4n) is 4.19. The van der Waals surface area contributed by atoms with Gasteiger partial charge in [0.05, 0.1) is 5.52 Å². The van der Waals surface area contributed by atoms with E-state index in [1.54, 1.807) is 0 Å². The summed E-state index contributed by atoms with van der Waals surface area (Å²) < 4.78 is 2.11. The molecule has 2 aromatic carbocycles. The summed E-state index contributed by atoms with van der Waals surface area (Å²) in [7, 11) is 0. The van der Waals surface area contributed by atoms with Crippen LogP contribution in [-0.2, 0) is 6.42 Å². The predicted molar refractivity (Wildman–Crippen MR) is 108 cm³/mol. The maximum atomic E-state index is 4.98. The summed E-state index contributed by atoms with van der Waals surface area (Å²) in [5.74, 6) is 2.61. The number of hydrogen-bond acceptors (Lipinski definition) is 4. The Bertz CT molecular complexity index is 1080. The van der Waals surface area contributed by atoms with Crippen molar-refractivity contribution < 1.29 is 0 Å². The molecule has 27 heavy (non-hydrogen) atoms. The number of rotatable bonds is 3. The summed E-state index contributed by atoms with van der Waals surface area (Å²) in [6, 6.07) is 19.0. The highest BCUT2D eigenvalue weighted by Crippen LogP contribution is 2.28. The van der Waals surface area contributed by atoms with E-state index in [0.717, 1.165) is 47.3 Å². The minimum atomic E-state index is 0.738. The molecule has 1 aliphatic rings. The van der Waals surface area contributed by atoms with Crippen LogP contribution >= 0.6 is 0 Å². The van der Waals surface area contributed by atoms with Crippen LogP contribution in [0.15, 0.2) is 54.6 Å². The van der Waals surface area contributed by atoms with Crippen LogP contribution in [0.5, 0.6) is 0 Å². The van der Waals surface area contributed by atoms with Gasteiger partial charge in [-0.05, 0) is 49.8 Å². The van der Waals surface area contributed by atoms with E-state index in [1.807, 2.05) is 19.1 Å². The van der Waals surface area contributed by atoms with E-state index in [1.165, 1.54) is 24.8 Å². The second-order valence-electron chi connectivity index (χ2n) is 7.46. The number of anilines is 1. The highest BCUT2D eigenvalue weighted by atomic mass is 15.3. The lowest BCUT2D eigenvalue weighted by atomic mass is 9.90. The second-order valence-corrected chi connectivity index (χ2v) is 7.46. The van der Waals surface area contributed by atoms with Crippen molar-refractivity contribution in [3.63, 3.8) is 0 Å². The van der Waals surface area contributed by atoms with E-state index in [-0.39, 0.29) is 0 Å². The van der Waals surface area contributed by atoms with Gasteiger partial charge in [0.15, 0.2) is 5.65 Å². The summed E-state index contributed by atoms with van der Waals surface area (Å²) in [6.07, 6.45) is 3.54. The van der Waals surface area contributed by atoms with Gasteiger partial charge in [-0.3, -0.25) is 0 Å². The van der Waals surface area contributed by atoms with Crippen molar-refractivity contribution in [3.8, 4) is 0 Å². The molecule has 0 amide bonds. The zero-order valence-corrected chi connectivity index (χ0v) is 15.5. The molecule has 5 rings (SSSR count). The smallest absolute Gasteiger partial charge is 0.213 e. The number of para-hydroxylation sites is 1. The molecular weight excluding hydrogens is 334 g/mol. The summed E-state index contributed by atoms with van der Waals surface area (Å²) in [4.78, 5) is 7.38. The average molecular weight is 357 g/mol. The lowest BCUT2D eigenvalue weighted by Gasteiger charge is -2.33. The standard InChI is InChI=1S/C22H23N5/c1-16-24-25-21-19-9-5-6-10-20(19)23-22(27(16)21)26-13-11-18(12-14-26)15-17-7-3-2-4-8-17/h2-10,18H,11-15H2,1H3. The molecule has 0 radical (unpaired) electrons. The average Bonchev–Trinajstić information content (AvgIpc) is 3.11. The van der Waals surface area contributed by atoms with Gasteiger partial charge in [-0.25, -0.2) is 9.38 Å². The van der Waals surface area contributed by atoms with E-state index in [4.69, 9.17) is 4.98 Å². The van der Waals surface area contributed by atoms with Gasteiger partial charge >= 0.3 is 0 Å². The molecule has 0 bridgehead atoms. The van der Waals surface area contributed by atoms with Gasteiger partial charge in [0.2, 0.25) is 5.95 Å². The zero-order valence-electron chi connectivity index (χ0n) is 15.5. The summed E-state index contributed by atoms with van der Waals surface area (Å²) >= 11 is 0. The SMILES string of the molecule is Cc1nnc2c3ccccc3nc(N3CCC(Cc4ccccc4)CC3)n12. The Balaban J connectivity index is 1.43. The van der Waals surface area contributed by atoms with E-state index >= 15 is 0 Å². The van der Waals surface area contributed by atoms with Crippen molar-refractivity contribution in [3.05, 3.63) is 66.0 Å². The predicted octanol–water partition coefficient (Wildman–Crippen LogP) is 4.05. The van der Waals surface area contributed by atoms with E-state index < -0.39 is 0 Å². The number of fused-ring (bicyclic) bond motifs is 3. The summed E-state index contributed by atoms with van der Waals surface area (Å²) in [5.41, 5.74) is 3.33. The van der Waals surface area contributed by atoms with Crippen LogP contribution in [0.3, 0.4) is 0 Å². The first-order chi connectivity index (χ1) is 13.3. The largest absolute Gasteiger partial charge is 0.342 e. The molecule has 0 saturated carbocycles. The third-order valence-corrected chi connectivity index (χ3v) is 5.65. The van der Waals surface area contributed by atoms with Gasteiger partial charge in [-0.2, -0.15) is 0 Å². The second kappa shape index (κ2) is 6.65. The van der Waals surface area contributed by atoms with E-state index in [9.17, 15) is 0 Å². The molecule has 5 heteroatoms. The van der Waals surface area contributed by atoms with Gasteiger partial charge in [0, 0.05) is 18.5 Å². The molecule has 136 valence electrons. The van der Waals surface area contributed by atoms with Gasteiger partial charge in [-0.1, -0.05) is 42.5 Å². The fraction of sp³-hybridized carbons (Fsp3) is 0.318. The number of aryl methyl sites for hydroxylation is 1. The van der Waals surface area contributed by atoms with Crippen molar-refractivity contribution >= 4 is 22.5 Å². The Morgan fingerprint density at radius 3 is 2.48 bits per heavy atom.